The molecule has 1 rings (SSSR count). The first kappa shape index (κ1) is 8.55. The smallest absolute Gasteiger partial charge is 0.223 e. The minimum atomic E-state index is -0.638. The van der Waals surface area contributed by atoms with E-state index < -0.39 is 5.95 Å². The fraction of sp³-hybridized carbons (Fsp3) is 0. The maximum Gasteiger partial charge on any atom is 0.223 e. The van der Waals surface area contributed by atoms with Crippen LogP contribution in [-0.2, 0) is 0 Å². The third-order valence-corrected chi connectivity index (χ3v) is 1.72. The minimum Gasteiger partial charge on any atom is -0.389 e. The highest BCUT2D eigenvalue weighted by Gasteiger charge is 2.05. The van der Waals surface area contributed by atoms with Gasteiger partial charge in [0.05, 0.1) is 5.56 Å². The lowest BCUT2D eigenvalue weighted by molar-refractivity contribution is 0.581. The van der Waals surface area contributed by atoms with Gasteiger partial charge < -0.3 is 5.73 Å². The van der Waals surface area contributed by atoms with Gasteiger partial charge in [0.25, 0.3) is 0 Å². The summed E-state index contributed by atoms with van der Waals surface area (Å²) in [5.41, 5.74) is 5.38. The van der Waals surface area contributed by atoms with Crippen LogP contribution in [0.5, 0.6) is 0 Å². The highest BCUT2D eigenvalue weighted by Crippen LogP contribution is 2.12. The molecule has 1 aromatic rings. The summed E-state index contributed by atoms with van der Waals surface area (Å²) < 4.78 is 13.4. The summed E-state index contributed by atoms with van der Waals surface area (Å²) >= 11 is 7.71. The molecular formula is C6H4BrFN2S. The van der Waals surface area contributed by atoms with Crippen LogP contribution in [0.1, 0.15) is 5.56 Å². The number of rotatable bonds is 1. The molecule has 0 fully saturated rings. The van der Waals surface area contributed by atoms with Crippen molar-refractivity contribution in [1.82, 2.24) is 4.98 Å². The first-order valence-corrected chi connectivity index (χ1v) is 3.92. The highest BCUT2D eigenvalue weighted by atomic mass is 79.9. The molecule has 2 nitrogen and oxygen atoms in total. The minimum absolute atomic E-state index is 0.0105. The molecule has 11 heavy (non-hydrogen) atoms. The molecule has 0 unspecified atom stereocenters. The van der Waals surface area contributed by atoms with Crippen molar-refractivity contribution in [3.8, 4) is 0 Å². The lowest BCUT2D eigenvalue weighted by Crippen LogP contribution is -2.12. The van der Waals surface area contributed by atoms with Crippen LogP contribution in [0.4, 0.5) is 4.39 Å². The number of aromatic nitrogens is 1. The first-order valence-electron chi connectivity index (χ1n) is 2.72. The predicted molar refractivity (Wildman–Crippen MR) is 47.8 cm³/mol. The summed E-state index contributed by atoms with van der Waals surface area (Å²) in [5.74, 6) is -0.638. The topological polar surface area (TPSA) is 38.9 Å². The van der Waals surface area contributed by atoms with Crippen LogP contribution in [0.15, 0.2) is 16.7 Å². The maximum atomic E-state index is 12.7. The molecule has 0 saturated carbocycles. The van der Waals surface area contributed by atoms with Gasteiger partial charge in [-0.3, -0.25) is 0 Å². The zero-order valence-electron chi connectivity index (χ0n) is 5.34. The fourth-order valence-corrected chi connectivity index (χ4v) is 1.07. The molecule has 0 atom stereocenters. The number of hydrogen-bond donors (Lipinski definition) is 1. The molecule has 0 aromatic carbocycles. The number of hydrogen-bond acceptors (Lipinski definition) is 2. The van der Waals surface area contributed by atoms with Crippen LogP contribution in [0, 0.1) is 5.95 Å². The summed E-state index contributed by atoms with van der Waals surface area (Å²) in [6.45, 7) is 0. The standard InChI is InChI=1S/C6H4BrFN2S/c7-3-1-4(6(9)11)5(8)10-2-3/h1-2H,(H2,9,11). The molecule has 0 aliphatic heterocycles. The van der Waals surface area contributed by atoms with E-state index in [0.717, 1.165) is 0 Å². The van der Waals surface area contributed by atoms with Crippen molar-refractivity contribution < 1.29 is 4.39 Å². The van der Waals surface area contributed by atoms with Gasteiger partial charge in [0.2, 0.25) is 5.95 Å². The van der Waals surface area contributed by atoms with Crippen molar-refractivity contribution in [1.29, 1.82) is 0 Å². The molecule has 58 valence electrons. The second-order valence-corrected chi connectivity index (χ2v) is 3.21. The van der Waals surface area contributed by atoms with Gasteiger partial charge in [-0.1, -0.05) is 12.2 Å². The molecule has 0 bridgehead atoms. The van der Waals surface area contributed by atoms with Gasteiger partial charge in [-0.2, -0.15) is 4.39 Å². The van der Waals surface area contributed by atoms with E-state index in [0.29, 0.717) is 4.47 Å². The Balaban J connectivity index is 3.23. The Bertz CT molecular complexity index is 303. The SMILES string of the molecule is NC(=S)c1cc(Br)cnc1F. The predicted octanol–water partition coefficient (Wildman–Crippen LogP) is 1.62. The van der Waals surface area contributed by atoms with Gasteiger partial charge in [-0.05, 0) is 22.0 Å². The second-order valence-electron chi connectivity index (χ2n) is 1.86. The third kappa shape index (κ3) is 1.94. The van der Waals surface area contributed by atoms with Gasteiger partial charge in [-0.25, -0.2) is 4.98 Å². The van der Waals surface area contributed by atoms with Gasteiger partial charge in [0.1, 0.15) is 4.99 Å². The number of nitrogens with two attached hydrogens (primary N) is 1. The molecule has 5 heteroatoms. The zero-order chi connectivity index (χ0) is 8.43. The van der Waals surface area contributed by atoms with Crippen molar-refractivity contribution in [2.45, 2.75) is 0 Å². The van der Waals surface area contributed by atoms with Crippen LogP contribution < -0.4 is 5.73 Å². The molecule has 0 aliphatic rings. The Morgan fingerprint density at radius 1 is 1.73 bits per heavy atom. The summed E-state index contributed by atoms with van der Waals surface area (Å²) in [7, 11) is 0. The van der Waals surface area contributed by atoms with E-state index in [9.17, 15) is 4.39 Å². The van der Waals surface area contributed by atoms with E-state index in [1.807, 2.05) is 0 Å². The molecule has 0 amide bonds. The number of pyridine rings is 1. The lowest BCUT2D eigenvalue weighted by atomic mass is 10.3. The largest absolute Gasteiger partial charge is 0.389 e. The Hall–Kier alpha value is -0.550. The normalized spacial score (nSPS) is 9.64. The lowest BCUT2D eigenvalue weighted by Gasteiger charge is -1.98. The number of halogens is 2. The van der Waals surface area contributed by atoms with Crippen LogP contribution in [0.3, 0.4) is 0 Å². The summed E-state index contributed by atoms with van der Waals surface area (Å²) in [5, 5.41) is 0. The first-order chi connectivity index (χ1) is 5.11. The van der Waals surface area contributed by atoms with E-state index in [-0.39, 0.29) is 10.6 Å². The molecule has 0 radical (unpaired) electrons. The molecule has 1 heterocycles. The molecule has 0 spiro atoms. The van der Waals surface area contributed by atoms with E-state index >= 15 is 0 Å². The maximum absolute atomic E-state index is 12.7. The Morgan fingerprint density at radius 3 is 2.82 bits per heavy atom. The van der Waals surface area contributed by atoms with Gasteiger partial charge in [0, 0.05) is 10.7 Å². The van der Waals surface area contributed by atoms with Crippen LogP contribution in [0.25, 0.3) is 0 Å². The van der Waals surface area contributed by atoms with E-state index in [1.54, 1.807) is 0 Å². The van der Waals surface area contributed by atoms with Gasteiger partial charge >= 0.3 is 0 Å². The number of thiocarbonyl (C=S) groups is 1. The van der Waals surface area contributed by atoms with Crippen LogP contribution in [0.2, 0.25) is 0 Å². The average Bonchev–Trinajstić information content (AvgIpc) is 1.94. The molecule has 2 N–H and O–H groups in total. The monoisotopic (exact) mass is 234 g/mol. The van der Waals surface area contributed by atoms with Crippen LogP contribution in [-0.4, -0.2) is 9.97 Å². The Kier molecular flexibility index (Phi) is 2.51. The fourth-order valence-electron chi connectivity index (χ4n) is 0.595. The second kappa shape index (κ2) is 3.23. The zero-order valence-corrected chi connectivity index (χ0v) is 7.75. The quantitative estimate of drug-likeness (QED) is 0.593. The summed E-state index contributed by atoms with van der Waals surface area (Å²) in [6.07, 6.45) is 1.34. The van der Waals surface area contributed by atoms with Crippen molar-refractivity contribution in [2.24, 2.45) is 5.73 Å². The summed E-state index contributed by atoms with van der Waals surface area (Å²) in [6, 6.07) is 1.49. The van der Waals surface area contributed by atoms with Gasteiger partial charge in [-0.15, -0.1) is 0 Å². The van der Waals surface area contributed by atoms with Crippen molar-refractivity contribution in [3.05, 3.63) is 28.2 Å². The number of nitrogens with zero attached hydrogens (tertiary/aromatic N) is 1. The van der Waals surface area contributed by atoms with E-state index in [4.69, 9.17) is 5.73 Å². The van der Waals surface area contributed by atoms with E-state index in [2.05, 4.69) is 33.1 Å². The van der Waals surface area contributed by atoms with E-state index in [1.165, 1.54) is 12.3 Å². The van der Waals surface area contributed by atoms with Crippen molar-refractivity contribution in [3.63, 3.8) is 0 Å². The molecular weight excluding hydrogens is 231 g/mol. The highest BCUT2D eigenvalue weighted by molar-refractivity contribution is 9.10. The molecule has 0 aliphatic carbocycles. The molecule has 1 aromatic heterocycles. The van der Waals surface area contributed by atoms with Gasteiger partial charge in [0.15, 0.2) is 0 Å². The third-order valence-electron chi connectivity index (χ3n) is 1.07. The van der Waals surface area contributed by atoms with Crippen molar-refractivity contribution >= 4 is 33.1 Å². The molecule has 0 saturated heterocycles. The Morgan fingerprint density at radius 2 is 2.36 bits per heavy atom. The van der Waals surface area contributed by atoms with Crippen LogP contribution >= 0.6 is 28.1 Å². The van der Waals surface area contributed by atoms with Crippen molar-refractivity contribution in [2.75, 3.05) is 0 Å². The summed E-state index contributed by atoms with van der Waals surface area (Å²) in [4.78, 5) is 3.43. The average molecular weight is 235 g/mol. The Labute approximate surface area is 76.7 Å².